The SMILES string of the molecule is CCCOc1c(C(=O)OC)sc2ccc(NC(=O)Nc3ccc(OC)cc3OC)cc12. The molecule has 0 radical (unpaired) electrons. The van der Waals surface area contributed by atoms with Crippen molar-refractivity contribution in [2.45, 2.75) is 13.3 Å². The first-order valence-corrected chi connectivity index (χ1v) is 10.4. The number of thiophene rings is 1. The van der Waals surface area contributed by atoms with Gasteiger partial charge in [0.1, 0.15) is 11.5 Å². The summed E-state index contributed by atoms with van der Waals surface area (Å²) in [6.07, 6.45) is 0.794. The van der Waals surface area contributed by atoms with Crippen LogP contribution in [-0.4, -0.2) is 39.9 Å². The van der Waals surface area contributed by atoms with Crippen LogP contribution in [0.3, 0.4) is 0 Å². The number of carbonyl (C=O) groups is 2. The number of nitrogens with one attached hydrogen (secondary N) is 2. The Morgan fingerprint density at radius 2 is 1.81 bits per heavy atom. The van der Waals surface area contributed by atoms with Crippen LogP contribution in [0, 0.1) is 0 Å². The van der Waals surface area contributed by atoms with Gasteiger partial charge < -0.3 is 29.6 Å². The highest BCUT2D eigenvalue weighted by Gasteiger charge is 2.21. The van der Waals surface area contributed by atoms with E-state index >= 15 is 0 Å². The maximum atomic E-state index is 12.5. The molecule has 0 saturated carbocycles. The lowest BCUT2D eigenvalue weighted by atomic mass is 10.2. The van der Waals surface area contributed by atoms with E-state index < -0.39 is 12.0 Å². The summed E-state index contributed by atoms with van der Waals surface area (Å²) in [5.41, 5.74) is 1.05. The van der Waals surface area contributed by atoms with Gasteiger partial charge in [0.2, 0.25) is 0 Å². The number of methoxy groups -OCH3 is 3. The molecule has 0 fully saturated rings. The number of ether oxygens (including phenoxy) is 4. The predicted molar refractivity (Wildman–Crippen MR) is 121 cm³/mol. The molecule has 0 aliphatic heterocycles. The van der Waals surface area contributed by atoms with Gasteiger partial charge in [-0.2, -0.15) is 0 Å². The molecule has 0 saturated heterocycles. The van der Waals surface area contributed by atoms with E-state index in [4.69, 9.17) is 18.9 Å². The Hall–Kier alpha value is -3.46. The number of fused-ring (bicyclic) bond motifs is 1. The number of urea groups is 1. The Balaban J connectivity index is 1.84. The first-order valence-electron chi connectivity index (χ1n) is 9.58. The third-order valence-electron chi connectivity index (χ3n) is 4.38. The zero-order valence-corrected chi connectivity index (χ0v) is 18.6. The summed E-state index contributed by atoms with van der Waals surface area (Å²) in [7, 11) is 4.40. The molecule has 1 heterocycles. The lowest BCUT2D eigenvalue weighted by molar-refractivity contribution is 0.0602. The van der Waals surface area contributed by atoms with Crippen LogP contribution >= 0.6 is 11.3 Å². The standard InChI is InChI=1S/C22H24N2O6S/c1-5-10-30-19-15-11-13(6-9-18(15)31-20(19)21(25)29-4)23-22(26)24-16-8-7-14(27-2)12-17(16)28-3/h6-9,11-12H,5,10H2,1-4H3,(H2,23,24,26). The number of rotatable bonds is 8. The lowest BCUT2D eigenvalue weighted by Crippen LogP contribution is -2.19. The van der Waals surface area contributed by atoms with E-state index in [1.807, 2.05) is 13.0 Å². The molecule has 1 aromatic heterocycles. The zero-order valence-electron chi connectivity index (χ0n) is 17.7. The Morgan fingerprint density at radius 1 is 1.00 bits per heavy atom. The molecule has 0 aliphatic rings. The molecule has 2 N–H and O–H groups in total. The molecule has 164 valence electrons. The Morgan fingerprint density at radius 3 is 2.48 bits per heavy atom. The van der Waals surface area contributed by atoms with Crippen molar-refractivity contribution >= 4 is 44.8 Å². The molecular formula is C22H24N2O6S. The highest BCUT2D eigenvalue weighted by atomic mass is 32.1. The number of hydrogen-bond acceptors (Lipinski definition) is 7. The average Bonchev–Trinajstić information content (AvgIpc) is 3.15. The van der Waals surface area contributed by atoms with E-state index in [1.165, 1.54) is 25.6 Å². The minimum atomic E-state index is -0.453. The van der Waals surface area contributed by atoms with Crippen molar-refractivity contribution in [2.75, 3.05) is 38.6 Å². The maximum Gasteiger partial charge on any atom is 0.351 e. The first kappa shape index (κ1) is 22.2. The predicted octanol–water partition coefficient (Wildman–Crippen LogP) is 5.14. The van der Waals surface area contributed by atoms with Gasteiger partial charge in [-0.05, 0) is 36.8 Å². The third-order valence-corrected chi connectivity index (χ3v) is 5.51. The molecule has 2 aromatic carbocycles. The molecule has 8 nitrogen and oxygen atoms in total. The van der Waals surface area contributed by atoms with Gasteiger partial charge in [0.05, 0.1) is 33.6 Å². The molecule has 0 bridgehead atoms. The second-order valence-electron chi connectivity index (χ2n) is 6.46. The van der Waals surface area contributed by atoms with Crippen molar-refractivity contribution in [3.63, 3.8) is 0 Å². The van der Waals surface area contributed by atoms with Gasteiger partial charge in [-0.1, -0.05) is 6.92 Å². The van der Waals surface area contributed by atoms with Crippen LogP contribution in [-0.2, 0) is 4.74 Å². The van der Waals surface area contributed by atoms with Crippen LogP contribution in [0.15, 0.2) is 36.4 Å². The highest BCUT2D eigenvalue weighted by molar-refractivity contribution is 7.21. The number of carbonyl (C=O) groups excluding carboxylic acids is 2. The summed E-state index contributed by atoms with van der Waals surface area (Å²) >= 11 is 1.29. The second kappa shape index (κ2) is 10.0. The number of amides is 2. The fourth-order valence-corrected chi connectivity index (χ4v) is 3.96. The molecule has 3 aromatic rings. The van der Waals surface area contributed by atoms with Gasteiger partial charge in [-0.25, -0.2) is 9.59 Å². The summed E-state index contributed by atoms with van der Waals surface area (Å²) in [5.74, 6) is 1.10. The molecular weight excluding hydrogens is 420 g/mol. The van der Waals surface area contributed by atoms with Crippen molar-refractivity contribution < 1.29 is 28.5 Å². The number of hydrogen-bond donors (Lipinski definition) is 2. The third kappa shape index (κ3) is 5.00. The average molecular weight is 445 g/mol. The van der Waals surface area contributed by atoms with Gasteiger partial charge in [-0.3, -0.25) is 0 Å². The van der Waals surface area contributed by atoms with Gasteiger partial charge in [0.25, 0.3) is 0 Å². The largest absolute Gasteiger partial charge is 0.497 e. The van der Waals surface area contributed by atoms with Crippen LogP contribution in [0.4, 0.5) is 16.2 Å². The summed E-state index contributed by atoms with van der Waals surface area (Å²) < 4.78 is 22.0. The maximum absolute atomic E-state index is 12.5. The van der Waals surface area contributed by atoms with Crippen LogP contribution in [0.1, 0.15) is 23.0 Å². The monoisotopic (exact) mass is 444 g/mol. The van der Waals surface area contributed by atoms with Gasteiger partial charge in [0, 0.05) is 21.8 Å². The molecule has 3 rings (SSSR count). The van der Waals surface area contributed by atoms with Crippen molar-refractivity contribution in [2.24, 2.45) is 0 Å². The summed E-state index contributed by atoms with van der Waals surface area (Å²) in [4.78, 5) is 25.1. The van der Waals surface area contributed by atoms with E-state index in [-0.39, 0.29) is 0 Å². The zero-order chi connectivity index (χ0) is 22.4. The van der Waals surface area contributed by atoms with E-state index in [0.717, 1.165) is 16.5 Å². The van der Waals surface area contributed by atoms with E-state index in [1.54, 1.807) is 37.4 Å². The first-order chi connectivity index (χ1) is 15.0. The second-order valence-corrected chi connectivity index (χ2v) is 7.51. The minimum absolute atomic E-state index is 0.399. The lowest BCUT2D eigenvalue weighted by Gasteiger charge is -2.12. The molecule has 0 spiro atoms. The highest BCUT2D eigenvalue weighted by Crippen LogP contribution is 2.40. The number of esters is 1. The van der Waals surface area contributed by atoms with Crippen LogP contribution < -0.4 is 24.8 Å². The smallest absolute Gasteiger partial charge is 0.351 e. The van der Waals surface area contributed by atoms with E-state index in [9.17, 15) is 9.59 Å². The fraction of sp³-hybridized carbons (Fsp3) is 0.273. The van der Waals surface area contributed by atoms with Crippen molar-refractivity contribution in [3.05, 3.63) is 41.3 Å². The molecule has 2 amide bonds. The summed E-state index contributed by atoms with van der Waals surface area (Å²) in [5, 5.41) is 6.29. The van der Waals surface area contributed by atoms with Crippen molar-refractivity contribution in [1.82, 2.24) is 0 Å². The summed E-state index contributed by atoms with van der Waals surface area (Å²) in [6, 6.07) is 10.0. The van der Waals surface area contributed by atoms with Gasteiger partial charge in [-0.15, -0.1) is 11.3 Å². The van der Waals surface area contributed by atoms with E-state index in [2.05, 4.69) is 10.6 Å². The molecule has 0 aliphatic carbocycles. The quantitative estimate of drug-likeness (QED) is 0.467. The summed E-state index contributed by atoms with van der Waals surface area (Å²) in [6.45, 7) is 2.45. The Kier molecular flexibility index (Phi) is 7.19. The topological polar surface area (TPSA) is 95.1 Å². The fourth-order valence-electron chi connectivity index (χ4n) is 2.91. The van der Waals surface area contributed by atoms with Crippen molar-refractivity contribution in [1.29, 1.82) is 0 Å². The van der Waals surface area contributed by atoms with Crippen molar-refractivity contribution in [3.8, 4) is 17.2 Å². The van der Waals surface area contributed by atoms with Crippen LogP contribution in [0.2, 0.25) is 0 Å². The Bertz CT molecular complexity index is 1100. The molecule has 0 atom stereocenters. The number of anilines is 2. The van der Waals surface area contributed by atoms with Gasteiger partial charge in [0.15, 0.2) is 10.6 Å². The Labute approximate surface area is 184 Å². The normalized spacial score (nSPS) is 10.5. The van der Waals surface area contributed by atoms with Crippen LogP contribution in [0.25, 0.3) is 10.1 Å². The number of benzene rings is 2. The van der Waals surface area contributed by atoms with Crippen LogP contribution in [0.5, 0.6) is 17.2 Å². The molecule has 31 heavy (non-hydrogen) atoms. The minimum Gasteiger partial charge on any atom is -0.497 e. The van der Waals surface area contributed by atoms with Gasteiger partial charge >= 0.3 is 12.0 Å². The van der Waals surface area contributed by atoms with E-state index in [0.29, 0.717) is 40.1 Å². The molecule has 0 unspecified atom stereocenters. The molecule has 9 heteroatoms.